The number of ether oxygens (including phenoxy) is 2. The maximum atomic E-state index is 6.35. The van der Waals surface area contributed by atoms with Crippen LogP contribution >= 0.6 is 0 Å². The molecule has 5 nitrogen and oxygen atoms in total. The fraction of sp³-hybridized carbons (Fsp3) is 0.381. The molecular weight excluding hydrogens is 326 g/mol. The summed E-state index contributed by atoms with van der Waals surface area (Å²) in [6.45, 7) is 8.29. The summed E-state index contributed by atoms with van der Waals surface area (Å²) in [5, 5.41) is 3.73. The number of aryl methyl sites for hydroxylation is 1. The minimum atomic E-state index is -0.615. The van der Waals surface area contributed by atoms with E-state index in [4.69, 9.17) is 9.47 Å². The molecule has 2 aliphatic heterocycles. The first-order valence-electron chi connectivity index (χ1n) is 9.08. The molecule has 1 N–H and O–H groups in total. The summed E-state index contributed by atoms with van der Waals surface area (Å²) in [6.07, 6.45) is 5.62. The smallest absolute Gasteiger partial charge is 0.164 e. The Kier molecular flexibility index (Phi) is 3.24. The number of hydrogen-bond acceptors (Lipinski definition) is 4. The van der Waals surface area contributed by atoms with Gasteiger partial charge in [-0.3, -0.25) is 0 Å². The van der Waals surface area contributed by atoms with Gasteiger partial charge in [0, 0.05) is 24.2 Å². The van der Waals surface area contributed by atoms with Crippen LogP contribution in [0.4, 0.5) is 5.69 Å². The minimum Gasteiger partial charge on any atom is -0.372 e. The van der Waals surface area contributed by atoms with Gasteiger partial charge in [-0.2, -0.15) is 0 Å². The zero-order valence-corrected chi connectivity index (χ0v) is 15.5. The average molecular weight is 349 g/mol. The molecule has 3 aromatic rings. The predicted octanol–water partition coefficient (Wildman–Crippen LogP) is 4.31. The second-order valence-electron chi connectivity index (χ2n) is 7.74. The number of nitrogens with zero attached hydrogens (tertiary/aromatic N) is 2. The van der Waals surface area contributed by atoms with E-state index in [1.807, 2.05) is 36.8 Å². The van der Waals surface area contributed by atoms with E-state index in [1.165, 1.54) is 16.7 Å². The first kappa shape index (κ1) is 15.9. The van der Waals surface area contributed by atoms with E-state index in [1.54, 1.807) is 0 Å². The summed E-state index contributed by atoms with van der Waals surface area (Å²) in [4.78, 5) is 4.55. The summed E-state index contributed by atoms with van der Waals surface area (Å²) >= 11 is 0. The number of rotatable bonds is 1. The standard InChI is InChI=1S/C21H23N3O2/c1-12-6-5-7-14(13(12)2)16-19-18(25-21(3,4)26-19)15-8-10-24-11-9-22-20(24)17(15)23-16/h5-11,16,18-19,23H,1-4H3/t16-,18+,19-/m1/s1. The van der Waals surface area contributed by atoms with E-state index in [9.17, 15) is 0 Å². The number of imidazole rings is 1. The Hall–Kier alpha value is -2.37. The van der Waals surface area contributed by atoms with E-state index >= 15 is 0 Å². The lowest BCUT2D eigenvalue weighted by Crippen LogP contribution is -2.35. The highest BCUT2D eigenvalue weighted by atomic mass is 16.8. The van der Waals surface area contributed by atoms with Gasteiger partial charge in [-0.25, -0.2) is 4.98 Å². The molecule has 5 rings (SSSR count). The van der Waals surface area contributed by atoms with Crippen molar-refractivity contribution in [3.63, 3.8) is 0 Å². The Bertz CT molecular complexity index is 1010. The van der Waals surface area contributed by atoms with Gasteiger partial charge in [0.2, 0.25) is 0 Å². The van der Waals surface area contributed by atoms with Gasteiger partial charge in [0.25, 0.3) is 0 Å². The SMILES string of the molecule is Cc1cccc([C@H]2Nc3c(ccn4ccnc34)[C@@H]3OC(C)(C)O[C@H]23)c1C. The zero-order valence-electron chi connectivity index (χ0n) is 15.5. The molecule has 0 unspecified atom stereocenters. The van der Waals surface area contributed by atoms with Gasteiger partial charge in [-0.15, -0.1) is 0 Å². The van der Waals surface area contributed by atoms with Gasteiger partial charge in [0.15, 0.2) is 11.4 Å². The van der Waals surface area contributed by atoms with Gasteiger partial charge in [-0.05, 0) is 50.5 Å². The molecule has 1 aromatic carbocycles. The summed E-state index contributed by atoms with van der Waals surface area (Å²) in [6, 6.07) is 8.56. The number of aromatic nitrogens is 2. The number of nitrogens with one attached hydrogen (secondary N) is 1. The lowest BCUT2D eigenvalue weighted by molar-refractivity contribution is -0.147. The lowest BCUT2D eigenvalue weighted by atomic mass is 9.86. The molecule has 2 aromatic heterocycles. The van der Waals surface area contributed by atoms with Crippen LogP contribution in [-0.4, -0.2) is 21.3 Å². The highest BCUT2D eigenvalue weighted by Crippen LogP contribution is 2.51. The molecule has 1 fully saturated rings. The second-order valence-corrected chi connectivity index (χ2v) is 7.74. The first-order valence-corrected chi connectivity index (χ1v) is 9.08. The lowest BCUT2D eigenvalue weighted by Gasteiger charge is -2.36. The van der Waals surface area contributed by atoms with Crippen molar-refractivity contribution in [2.75, 3.05) is 5.32 Å². The highest BCUT2D eigenvalue weighted by Gasteiger charge is 2.50. The number of anilines is 1. The maximum absolute atomic E-state index is 6.35. The van der Waals surface area contributed by atoms with Crippen LogP contribution in [0.1, 0.15) is 48.2 Å². The quantitative estimate of drug-likeness (QED) is 0.711. The van der Waals surface area contributed by atoms with Crippen molar-refractivity contribution in [2.45, 2.75) is 51.7 Å². The molecule has 0 saturated carbocycles. The number of fused-ring (bicyclic) bond motifs is 5. The van der Waals surface area contributed by atoms with Crippen molar-refractivity contribution in [3.05, 3.63) is 65.1 Å². The van der Waals surface area contributed by atoms with Crippen molar-refractivity contribution in [3.8, 4) is 0 Å². The molecule has 0 spiro atoms. The molecule has 0 bridgehead atoms. The van der Waals surface area contributed by atoms with Crippen molar-refractivity contribution < 1.29 is 9.47 Å². The van der Waals surface area contributed by atoms with E-state index in [-0.39, 0.29) is 18.2 Å². The molecule has 0 amide bonds. The van der Waals surface area contributed by atoms with Gasteiger partial charge in [-0.1, -0.05) is 18.2 Å². The Labute approximate surface area is 153 Å². The number of benzene rings is 1. The molecule has 0 radical (unpaired) electrons. The van der Waals surface area contributed by atoms with Gasteiger partial charge in [0.1, 0.15) is 12.2 Å². The minimum absolute atomic E-state index is 0.0112. The fourth-order valence-corrected chi connectivity index (χ4v) is 4.26. The molecule has 5 heteroatoms. The van der Waals surface area contributed by atoms with Crippen LogP contribution in [-0.2, 0) is 9.47 Å². The highest BCUT2D eigenvalue weighted by molar-refractivity contribution is 5.74. The monoisotopic (exact) mass is 349 g/mol. The van der Waals surface area contributed by atoms with Crippen LogP contribution in [0.3, 0.4) is 0 Å². The topological polar surface area (TPSA) is 47.8 Å². The second kappa shape index (κ2) is 5.32. The summed E-state index contributed by atoms with van der Waals surface area (Å²) < 4.78 is 14.7. The van der Waals surface area contributed by atoms with E-state index in [2.05, 4.69) is 48.4 Å². The average Bonchev–Trinajstić information content (AvgIpc) is 3.19. The molecule has 26 heavy (non-hydrogen) atoms. The maximum Gasteiger partial charge on any atom is 0.164 e. The first-order chi connectivity index (χ1) is 12.4. The van der Waals surface area contributed by atoms with Crippen LogP contribution in [0.2, 0.25) is 0 Å². The van der Waals surface area contributed by atoms with Crippen molar-refractivity contribution in [1.29, 1.82) is 0 Å². The Morgan fingerprint density at radius 3 is 2.77 bits per heavy atom. The molecule has 3 atom stereocenters. The summed E-state index contributed by atoms with van der Waals surface area (Å²) in [5.74, 6) is -0.615. The summed E-state index contributed by atoms with van der Waals surface area (Å²) in [7, 11) is 0. The number of pyridine rings is 1. The third-order valence-electron chi connectivity index (χ3n) is 5.64. The predicted molar refractivity (Wildman–Crippen MR) is 100 cm³/mol. The van der Waals surface area contributed by atoms with E-state index in [0.29, 0.717) is 0 Å². The van der Waals surface area contributed by atoms with Crippen molar-refractivity contribution in [2.24, 2.45) is 0 Å². The van der Waals surface area contributed by atoms with E-state index < -0.39 is 5.79 Å². The Morgan fingerprint density at radius 1 is 1.08 bits per heavy atom. The van der Waals surface area contributed by atoms with Gasteiger partial charge < -0.3 is 19.2 Å². The van der Waals surface area contributed by atoms with Crippen LogP contribution in [0.15, 0.2) is 42.9 Å². The third kappa shape index (κ3) is 2.20. The Morgan fingerprint density at radius 2 is 1.92 bits per heavy atom. The molecule has 1 saturated heterocycles. The van der Waals surface area contributed by atoms with Crippen LogP contribution in [0, 0.1) is 13.8 Å². The largest absolute Gasteiger partial charge is 0.372 e. The normalized spacial score (nSPS) is 26.4. The molecular formula is C21H23N3O2. The molecule has 134 valence electrons. The van der Waals surface area contributed by atoms with Crippen molar-refractivity contribution >= 4 is 11.3 Å². The third-order valence-corrected chi connectivity index (χ3v) is 5.64. The molecule has 0 aliphatic carbocycles. The molecule has 4 heterocycles. The summed E-state index contributed by atoms with van der Waals surface area (Å²) in [5.41, 5.74) is 6.89. The van der Waals surface area contributed by atoms with Gasteiger partial charge >= 0.3 is 0 Å². The van der Waals surface area contributed by atoms with Crippen molar-refractivity contribution in [1.82, 2.24) is 9.38 Å². The Balaban J connectivity index is 1.72. The van der Waals surface area contributed by atoms with E-state index in [0.717, 1.165) is 16.9 Å². The molecule has 2 aliphatic rings. The van der Waals surface area contributed by atoms with Crippen LogP contribution in [0.5, 0.6) is 0 Å². The van der Waals surface area contributed by atoms with Gasteiger partial charge in [0.05, 0.1) is 11.7 Å². The van der Waals surface area contributed by atoms with Crippen LogP contribution in [0.25, 0.3) is 5.65 Å². The number of hydrogen-bond donors (Lipinski definition) is 1. The van der Waals surface area contributed by atoms with Crippen LogP contribution < -0.4 is 5.32 Å². The fourth-order valence-electron chi connectivity index (χ4n) is 4.26. The zero-order chi connectivity index (χ0) is 18.1.